The molecule has 0 aliphatic heterocycles. The SMILES string of the molecule is CCC1(CNC(=O)CC(N)C(C)C)CC1. The van der Waals surface area contributed by atoms with Crippen LogP contribution in [-0.4, -0.2) is 18.5 Å². The maximum absolute atomic E-state index is 11.6. The first-order chi connectivity index (χ1) is 6.99. The smallest absolute Gasteiger partial charge is 0.221 e. The molecule has 0 radical (unpaired) electrons. The summed E-state index contributed by atoms with van der Waals surface area (Å²) in [6.07, 6.45) is 4.15. The van der Waals surface area contributed by atoms with Gasteiger partial charge in [-0.05, 0) is 30.6 Å². The summed E-state index contributed by atoms with van der Waals surface area (Å²) in [6.45, 7) is 7.13. The van der Waals surface area contributed by atoms with Gasteiger partial charge in [0.1, 0.15) is 0 Å². The first-order valence-corrected chi connectivity index (χ1v) is 6.01. The number of nitrogens with one attached hydrogen (secondary N) is 1. The zero-order valence-electron chi connectivity index (χ0n) is 10.2. The second-order valence-corrected chi connectivity index (χ2v) is 5.24. The van der Waals surface area contributed by atoms with Crippen molar-refractivity contribution in [1.29, 1.82) is 0 Å². The van der Waals surface area contributed by atoms with E-state index in [1.807, 2.05) is 13.8 Å². The van der Waals surface area contributed by atoms with Crippen LogP contribution in [0.2, 0.25) is 0 Å². The molecule has 0 spiro atoms. The van der Waals surface area contributed by atoms with Gasteiger partial charge >= 0.3 is 0 Å². The van der Waals surface area contributed by atoms with Crippen molar-refractivity contribution in [2.24, 2.45) is 17.1 Å². The topological polar surface area (TPSA) is 55.1 Å². The summed E-state index contributed by atoms with van der Waals surface area (Å²) >= 11 is 0. The van der Waals surface area contributed by atoms with Gasteiger partial charge in [-0.1, -0.05) is 20.8 Å². The highest BCUT2D eigenvalue weighted by Crippen LogP contribution is 2.47. The third-order valence-corrected chi connectivity index (χ3v) is 3.65. The Labute approximate surface area is 92.8 Å². The molecule has 1 aliphatic rings. The Hall–Kier alpha value is -0.570. The van der Waals surface area contributed by atoms with E-state index in [2.05, 4.69) is 12.2 Å². The predicted molar refractivity (Wildman–Crippen MR) is 62.4 cm³/mol. The zero-order valence-corrected chi connectivity index (χ0v) is 10.2. The van der Waals surface area contributed by atoms with E-state index in [9.17, 15) is 4.79 Å². The van der Waals surface area contributed by atoms with Crippen LogP contribution in [-0.2, 0) is 4.79 Å². The van der Waals surface area contributed by atoms with Gasteiger partial charge in [0.05, 0.1) is 0 Å². The molecule has 1 fully saturated rings. The lowest BCUT2D eigenvalue weighted by molar-refractivity contribution is -0.121. The van der Waals surface area contributed by atoms with E-state index in [0.717, 1.165) is 6.54 Å². The quantitative estimate of drug-likeness (QED) is 0.703. The fourth-order valence-electron chi connectivity index (χ4n) is 1.64. The highest BCUT2D eigenvalue weighted by atomic mass is 16.1. The Morgan fingerprint density at radius 1 is 1.47 bits per heavy atom. The van der Waals surface area contributed by atoms with Gasteiger partial charge in [-0.3, -0.25) is 4.79 Å². The molecule has 0 aromatic heterocycles. The number of carbonyl (C=O) groups excluding carboxylic acids is 1. The van der Waals surface area contributed by atoms with Gasteiger partial charge in [-0.25, -0.2) is 0 Å². The van der Waals surface area contributed by atoms with Gasteiger partial charge in [-0.15, -0.1) is 0 Å². The van der Waals surface area contributed by atoms with Crippen LogP contribution in [0.15, 0.2) is 0 Å². The number of amides is 1. The fraction of sp³-hybridized carbons (Fsp3) is 0.917. The molecule has 0 aromatic carbocycles. The summed E-state index contributed by atoms with van der Waals surface area (Å²) in [5.74, 6) is 0.479. The molecule has 1 aliphatic carbocycles. The molecule has 0 bridgehead atoms. The van der Waals surface area contributed by atoms with Gasteiger partial charge in [0.15, 0.2) is 0 Å². The summed E-state index contributed by atoms with van der Waals surface area (Å²) in [4.78, 5) is 11.6. The fourth-order valence-corrected chi connectivity index (χ4v) is 1.64. The lowest BCUT2D eigenvalue weighted by Gasteiger charge is -2.17. The number of hydrogen-bond acceptors (Lipinski definition) is 2. The van der Waals surface area contributed by atoms with Crippen LogP contribution >= 0.6 is 0 Å². The second kappa shape index (κ2) is 4.97. The summed E-state index contributed by atoms with van der Waals surface area (Å²) in [7, 11) is 0. The minimum absolute atomic E-state index is 0.0122. The molecule has 15 heavy (non-hydrogen) atoms. The van der Waals surface area contributed by atoms with Crippen LogP contribution in [0.25, 0.3) is 0 Å². The third-order valence-electron chi connectivity index (χ3n) is 3.65. The Morgan fingerprint density at radius 3 is 2.47 bits per heavy atom. The molecule has 1 unspecified atom stereocenters. The van der Waals surface area contributed by atoms with E-state index in [1.165, 1.54) is 19.3 Å². The van der Waals surface area contributed by atoms with Gasteiger partial charge in [-0.2, -0.15) is 0 Å². The third kappa shape index (κ3) is 3.82. The molecular weight excluding hydrogens is 188 g/mol. The van der Waals surface area contributed by atoms with Crippen LogP contribution in [0.1, 0.15) is 46.5 Å². The van der Waals surface area contributed by atoms with E-state index in [1.54, 1.807) is 0 Å². The van der Waals surface area contributed by atoms with Crippen molar-refractivity contribution in [2.75, 3.05) is 6.54 Å². The maximum Gasteiger partial charge on any atom is 0.221 e. The Morgan fingerprint density at radius 2 is 2.07 bits per heavy atom. The summed E-state index contributed by atoms with van der Waals surface area (Å²) < 4.78 is 0. The molecule has 1 rings (SSSR count). The Kier molecular flexibility index (Phi) is 4.14. The number of rotatable bonds is 6. The Bertz CT molecular complexity index is 222. The van der Waals surface area contributed by atoms with Gasteiger partial charge in [0.2, 0.25) is 5.91 Å². The van der Waals surface area contributed by atoms with Crippen molar-refractivity contribution in [2.45, 2.75) is 52.5 Å². The van der Waals surface area contributed by atoms with Crippen molar-refractivity contribution >= 4 is 5.91 Å². The number of carbonyl (C=O) groups is 1. The largest absolute Gasteiger partial charge is 0.355 e. The monoisotopic (exact) mass is 212 g/mol. The van der Waals surface area contributed by atoms with E-state index in [-0.39, 0.29) is 11.9 Å². The van der Waals surface area contributed by atoms with Crippen LogP contribution in [0.3, 0.4) is 0 Å². The molecule has 3 N–H and O–H groups in total. The Balaban J connectivity index is 2.19. The maximum atomic E-state index is 11.6. The molecule has 88 valence electrons. The minimum atomic E-state index is -0.0122. The highest BCUT2D eigenvalue weighted by molar-refractivity contribution is 5.76. The van der Waals surface area contributed by atoms with E-state index >= 15 is 0 Å². The first kappa shape index (κ1) is 12.5. The summed E-state index contributed by atoms with van der Waals surface area (Å²) in [5, 5.41) is 3.00. The van der Waals surface area contributed by atoms with E-state index in [4.69, 9.17) is 5.73 Å². The molecule has 1 atom stereocenters. The van der Waals surface area contributed by atoms with Crippen molar-refractivity contribution in [3.63, 3.8) is 0 Å². The normalized spacial score (nSPS) is 20.1. The van der Waals surface area contributed by atoms with Crippen molar-refractivity contribution in [1.82, 2.24) is 5.32 Å². The summed E-state index contributed by atoms with van der Waals surface area (Å²) in [5.41, 5.74) is 6.27. The average Bonchev–Trinajstić information content (AvgIpc) is 2.95. The first-order valence-electron chi connectivity index (χ1n) is 6.01. The lowest BCUT2D eigenvalue weighted by atomic mass is 10.0. The van der Waals surface area contributed by atoms with Crippen molar-refractivity contribution < 1.29 is 4.79 Å². The highest BCUT2D eigenvalue weighted by Gasteiger charge is 2.40. The van der Waals surface area contributed by atoms with Gasteiger partial charge < -0.3 is 11.1 Å². The molecule has 0 saturated heterocycles. The van der Waals surface area contributed by atoms with Crippen LogP contribution in [0.5, 0.6) is 0 Å². The average molecular weight is 212 g/mol. The van der Waals surface area contributed by atoms with Crippen molar-refractivity contribution in [3.8, 4) is 0 Å². The molecule has 3 nitrogen and oxygen atoms in total. The summed E-state index contributed by atoms with van der Waals surface area (Å²) in [6, 6.07) is -0.0122. The van der Waals surface area contributed by atoms with Crippen LogP contribution in [0.4, 0.5) is 0 Å². The van der Waals surface area contributed by atoms with E-state index in [0.29, 0.717) is 17.8 Å². The second-order valence-electron chi connectivity index (χ2n) is 5.24. The van der Waals surface area contributed by atoms with Crippen LogP contribution in [0, 0.1) is 11.3 Å². The zero-order chi connectivity index (χ0) is 11.5. The van der Waals surface area contributed by atoms with E-state index < -0.39 is 0 Å². The predicted octanol–water partition coefficient (Wildman–Crippen LogP) is 1.67. The number of hydrogen-bond donors (Lipinski definition) is 2. The minimum Gasteiger partial charge on any atom is -0.355 e. The molecule has 0 aromatic rings. The van der Waals surface area contributed by atoms with Gasteiger partial charge in [0, 0.05) is 19.0 Å². The molecule has 1 saturated carbocycles. The standard InChI is InChI=1S/C12H24N2O/c1-4-12(5-6-12)8-14-11(15)7-10(13)9(2)3/h9-10H,4-8,13H2,1-3H3,(H,14,15). The van der Waals surface area contributed by atoms with Gasteiger partial charge in [0.25, 0.3) is 0 Å². The molecule has 3 heteroatoms. The van der Waals surface area contributed by atoms with Crippen LogP contribution < -0.4 is 11.1 Å². The van der Waals surface area contributed by atoms with Crippen molar-refractivity contribution in [3.05, 3.63) is 0 Å². The molecule has 1 amide bonds. The molecular formula is C12H24N2O. The lowest BCUT2D eigenvalue weighted by Crippen LogP contribution is -2.37. The number of nitrogens with two attached hydrogens (primary N) is 1. The molecule has 0 heterocycles.